The molecule has 3 nitrogen and oxygen atoms in total. The first kappa shape index (κ1) is 13.8. The zero-order chi connectivity index (χ0) is 12.9. The van der Waals surface area contributed by atoms with Crippen LogP contribution in [0.15, 0.2) is 0 Å². The summed E-state index contributed by atoms with van der Waals surface area (Å²) in [6.07, 6.45) is 10.8. The SMILES string of the molecule is C1CCOCCCC2CC2NCC2CCCN2CC1. The quantitative estimate of drug-likeness (QED) is 0.729. The maximum atomic E-state index is 5.73. The second-order valence-electron chi connectivity index (χ2n) is 6.66. The van der Waals surface area contributed by atoms with Crippen LogP contribution >= 0.6 is 0 Å². The topological polar surface area (TPSA) is 24.5 Å². The molecule has 0 aromatic carbocycles. The van der Waals surface area contributed by atoms with E-state index in [4.69, 9.17) is 4.74 Å². The van der Waals surface area contributed by atoms with E-state index in [-0.39, 0.29) is 0 Å². The molecule has 3 aliphatic rings. The molecule has 110 valence electrons. The third kappa shape index (κ3) is 4.17. The van der Waals surface area contributed by atoms with Crippen molar-refractivity contribution in [3.05, 3.63) is 0 Å². The molecular weight excluding hydrogens is 236 g/mol. The summed E-state index contributed by atoms with van der Waals surface area (Å²) in [6.45, 7) is 5.84. The Morgan fingerprint density at radius 3 is 2.79 bits per heavy atom. The molecule has 2 aliphatic heterocycles. The van der Waals surface area contributed by atoms with Gasteiger partial charge in [-0.2, -0.15) is 0 Å². The van der Waals surface area contributed by atoms with E-state index in [1.165, 1.54) is 71.0 Å². The summed E-state index contributed by atoms with van der Waals surface area (Å²) in [4.78, 5) is 2.73. The molecule has 3 atom stereocenters. The molecule has 0 bridgehead atoms. The summed E-state index contributed by atoms with van der Waals surface area (Å²) in [5.41, 5.74) is 0. The highest BCUT2D eigenvalue weighted by molar-refractivity contribution is 4.94. The molecule has 1 N–H and O–H groups in total. The first-order chi connectivity index (χ1) is 9.43. The minimum atomic E-state index is 0.822. The Hall–Kier alpha value is -0.120. The fourth-order valence-electron chi connectivity index (χ4n) is 3.77. The fourth-order valence-corrected chi connectivity index (χ4v) is 3.77. The zero-order valence-electron chi connectivity index (χ0n) is 12.3. The molecule has 0 aromatic rings. The predicted molar refractivity (Wildman–Crippen MR) is 78.4 cm³/mol. The van der Waals surface area contributed by atoms with Crippen LogP contribution in [0.4, 0.5) is 0 Å². The highest BCUT2D eigenvalue weighted by Crippen LogP contribution is 2.35. The second-order valence-corrected chi connectivity index (χ2v) is 6.66. The Kier molecular flexibility index (Phi) is 5.14. The Morgan fingerprint density at radius 2 is 1.79 bits per heavy atom. The van der Waals surface area contributed by atoms with Crippen molar-refractivity contribution in [2.75, 3.05) is 32.8 Å². The third-order valence-corrected chi connectivity index (χ3v) is 5.13. The summed E-state index contributed by atoms with van der Waals surface area (Å²) < 4.78 is 5.73. The number of nitrogens with one attached hydrogen (secondary N) is 1. The highest BCUT2D eigenvalue weighted by atomic mass is 16.5. The number of ether oxygens (including phenoxy) is 1. The smallest absolute Gasteiger partial charge is 0.0466 e. The van der Waals surface area contributed by atoms with Gasteiger partial charge >= 0.3 is 0 Å². The van der Waals surface area contributed by atoms with Gasteiger partial charge in [-0.05, 0) is 70.4 Å². The Labute approximate surface area is 118 Å². The summed E-state index contributed by atoms with van der Waals surface area (Å²) >= 11 is 0. The van der Waals surface area contributed by atoms with Crippen molar-refractivity contribution in [1.82, 2.24) is 10.2 Å². The number of hydrogen-bond donors (Lipinski definition) is 1. The van der Waals surface area contributed by atoms with Gasteiger partial charge in [0.1, 0.15) is 0 Å². The maximum absolute atomic E-state index is 5.73. The van der Waals surface area contributed by atoms with Crippen LogP contribution in [0.3, 0.4) is 0 Å². The van der Waals surface area contributed by atoms with Crippen molar-refractivity contribution in [1.29, 1.82) is 0 Å². The largest absolute Gasteiger partial charge is 0.381 e. The molecular formula is C16H30N2O. The van der Waals surface area contributed by atoms with Gasteiger partial charge in [-0.15, -0.1) is 0 Å². The van der Waals surface area contributed by atoms with Crippen molar-refractivity contribution in [3.63, 3.8) is 0 Å². The molecule has 19 heavy (non-hydrogen) atoms. The van der Waals surface area contributed by atoms with E-state index in [0.29, 0.717) is 0 Å². The normalized spacial score (nSPS) is 38.8. The van der Waals surface area contributed by atoms with E-state index >= 15 is 0 Å². The Bertz CT molecular complexity index is 271. The van der Waals surface area contributed by atoms with Gasteiger partial charge in [0.05, 0.1) is 0 Å². The first-order valence-electron chi connectivity index (χ1n) is 8.48. The molecule has 0 amide bonds. The molecule has 3 heteroatoms. The minimum Gasteiger partial charge on any atom is -0.381 e. The summed E-state index contributed by atoms with van der Waals surface area (Å²) in [5, 5.41) is 3.82. The highest BCUT2D eigenvalue weighted by Gasteiger charge is 2.36. The van der Waals surface area contributed by atoms with E-state index in [9.17, 15) is 0 Å². The number of rotatable bonds is 0. The van der Waals surface area contributed by atoms with Gasteiger partial charge in [0.15, 0.2) is 0 Å². The summed E-state index contributed by atoms with van der Waals surface area (Å²) in [7, 11) is 0. The van der Waals surface area contributed by atoms with Gasteiger partial charge < -0.3 is 10.1 Å². The molecule has 3 rings (SSSR count). The van der Waals surface area contributed by atoms with Crippen LogP contribution in [-0.4, -0.2) is 49.8 Å². The van der Waals surface area contributed by atoms with Gasteiger partial charge in [-0.3, -0.25) is 4.90 Å². The van der Waals surface area contributed by atoms with Crippen molar-refractivity contribution in [3.8, 4) is 0 Å². The van der Waals surface area contributed by atoms with E-state index in [2.05, 4.69) is 10.2 Å². The lowest BCUT2D eigenvalue weighted by molar-refractivity contribution is 0.124. The van der Waals surface area contributed by atoms with Crippen molar-refractivity contribution >= 4 is 0 Å². The number of fused-ring (bicyclic) bond motifs is 2. The molecule has 0 spiro atoms. The van der Waals surface area contributed by atoms with Crippen molar-refractivity contribution < 1.29 is 4.74 Å². The molecule has 2 saturated heterocycles. The molecule has 0 aromatic heterocycles. The lowest BCUT2D eigenvalue weighted by Gasteiger charge is -2.24. The van der Waals surface area contributed by atoms with Gasteiger partial charge in [-0.1, -0.05) is 0 Å². The Balaban J connectivity index is 1.47. The van der Waals surface area contributed by atoms with Gasteiger partial charge in [-0.25, -0.2) is 0 Å². The summed E-state index contributed by atoms with van der Waals surface area (Å²) in [5.74, 6) is 0.948. The van der Waals surface area contributed by atoms with Gasteiger partial charge in [0, 0.05) is 31.8 Å². The van der Waals surface area contributed by atoms with Crippen molar-refractivity contribution in [2.24, 2.45) is 5.92 Å². The second kappa shape index (κ2) is 7.05. The monoisotopic (exact) mass is 266 g/mol. The molecule has 0 radical (unpaired) electrons. The fraction of sp³-hybridized carbons (Fsp3) is 1.00. The van der Waals surface area contributed by atoms with Crippen LogP contribution in [0.25, 0.3) is 0 Å². The van der Waals surface area contributed by atoms with Crippen LogP contribution in [0.5, 0.6) is 0 Å². The zero-order valence-corrected chi connectivity index (χ0v) is 12.3. The molecule has 2 heterocycles. The van der Waals surface area contributed by atoms with E-state index in [0.717, 1.165) is 31.2 Å². The number of nitrogens with zero attached hydrogens (tertiary/aromatic N) is 1. The minimum absolute atomic E-state index is 0.822. The van der Waals surface area contributed by atoms with E-state index in [1.54, 1.807) is 0 Å². The van der Waals surface area contributed by atoms with Crippen LogP contribution in [-0.2, 0) is 4.74 Å². The van der Waals surface area contributed by atoms with Crippen molar-refractivity contribution in [2.45, 2.75) is 63.5 Å². The summed E-state index contributed by atoms with van der Waals surface area (Å²) in [6, 6.07) is 1.65. The molecule has 1 saturated carbocycles. The maximum Gasteiger partial charge on any atom is 0.0466 e. The first-order valence-corrected chi connectivity index (χ1v) is 8.48. The standard InChI is InChI=1S/C16H30N2O/c1-2-8-18-9-4-7-15(18)13-17-16-12-14(16)6-5-11-19-10-3-1/h14-17H,1-13H2. The lowest BCUT2D eigenvalue weighted by atomic mass is 10.2. The van der Waals surface area contributed by atoms with Gasteiger partial charge in [0.25, 0.3) is 0 Å². The van der Waals surface area contributed by atoms with Gasteiger partial charge in [0.2, 0.25) is 0 Å². The number of hydrogen-bond acceptors (Lipinski definition) is 3. The average Bonchev–Trinajstić information content (AvgIpc) is 3.01. The van der Waals surface area contributed by atoms with Crippen LogP contribution in [0, 0.1) is 5.92 Å². The lowest BCUT2D eigenvalue weighted by Crippen LogP contribution is -2.39. The van der Waals surface area contributed by atoms with Crippen LogP contribution in [0.1, 0.15) is 51.4 Å². The Morgan fingerprint density at radius 1 is 0.895 bits per heavy atom. The molecule has 1 aliphatic carbocycles. The van der Waals surface area contributed by atoms with Crippen LogP contribution in [0.2, 0.25) is 0 Å². The molecule has 3 fully saturated rings. The average molecular weight is 266 g/mol. The van der Waals surface area contributed by atoms with E-state index in [1.807, 2.05) is 0 Å². The van der Waals surface area contributed by atoms with E-state index < -0.39 is 0 Å². The third-order valence-electron chi connectivity index (χ3n) is 5.13. The predicted octanol–water partition coefficient (Wildman–Crippen LogP) is 2.41. The molecule has 3 unspecified atom stereocenters. The van der Waals surface area contributed by atoms with Crippen LogP contribution < -0.4 is 5.32 Å².